The molecule has 0 spiro atoms. The van der Waals surface area contributed by atoms with Gasteiger partial charge in [0.05, 0.1) is 0 Å². The number of hydrogen-bond acceptors (Lipinski definition) is 2. The van der Waals surface area contributed by atoms with Gasteiger partial charge in [0.25, 0.3) is 0 Å². The summed E-state index contributed by atoms with van der Waals surface area (Å²) in [6.07, 6.45) is 8.80. The smallest absolute Gasteiger partial charge is 0.326 e. The number of nitrogens with one attached hydrogen (secondary N) is 1. The van der Waals surface area contributed by atoms with Gasteiger partial charge >= 0.3 is 5.97 Å². The zero-order valence-electron chi connectivity index (χ0n) is 11.8. The Bertz CT molecular complexity index is 419. The molecule has 0 aromatic rings. The van der Waals surface area contributed by atoms with Crippen LogP contribution in [0.2, 0.25) is 0 Å². The summed E-state index contributed by atoms with van der Waals surface area (Å²) in [7, 11) is 0. The van der Waals surface area contributed by atoms with Gasteiger partial charge in [-0.05, 0) is 75.0 Å². The lowest BCUT2D eigenvalue weighted by molar-refractivity contribution is -0.152. The van der Waals surface area contributed by atoms with Gasteiger partial charge in [-0.3, -0.25) is 4.79 Å². The lowest BCUT2D eigenvalue weighted by Gasteiger charge is -2.55. The van der Waals surface area contributed by atoms with Crippen LogP contribution in [0.1, 0.15) is 51.4 Å². The Balaban J connectivity index is 1.51. The lowest BCUT2D eigenvalue weighted by atomic mass is 9.49. The minimum absolute atomic E-state index is 0.0518. The first-order chi connectivity index (χ1) is 9.56. The third-order valence-electron chi connectivity index (χ3n) is 6.17. The maximum absolute atomic E-state index is 12.8. The Morgan fingerprint density at radius 3 is 1.90 bits per heavy atom. The molecule has 5 rings (SSSR count). The molecule has 0 aromatic carbocycles. The molecule has 5 aliphatic rings. The Morgan fingerprint density at radius 2 is 1.50 bits per heavy atom. The molecule has 0 radical (unpaired) electrons. The van der Waals surface area contributed by atoms with Gasteiger partial charge in [0, 0.05) is 5.41 Å². The largest absolute Gasteiger partial charge is 0.480 e. The maximum atomic E-state index is 12.8. The molecule has 0 saturated heterocycles. The van der Waals surface area contributed by atoms with Gasteiger partial charge < -0.3 is 10.4 Å². The van der Waals surface area contributed by atoms with E-state index in [1.807, 2.05) is 0 Å². The van der Waals surface area contributed by atoms with Gasteiger partial charge in [0.2, 0.25) is 5.91 Å². The van der Waals surface area contributed by atoms with Gasteiger partial charge in [0.15, 0.2) is 0 Å². The van der Waals surface area contributed by atoms with E-state index >= 15 is 0 Å². The molecule has 0 heterocycles. The number of amides is 1. The first-order valence-corrected chi connectivity index (χ1v) is 8.09. The third-order valence-corrected chi connectivity index (χ3v) is 6.17. The van der Waals surface area contributed by atoms with Crippen LogP contribution < -0.4 is 5.32 Å². The molecule has 0 aliphatic heterocycles. The van der Waals surface area contributed by atoms with E-state index in [9.17, 15) is 14.7 Å². The van der Waals surface area contributed by atoms with Crippen LogP contribution in [0.3, 0.4) is 0 Å². The number of carbonyl (C=O) groups is 2. The van der Waals surface area contributed by atoms with Crippen molar-refractivity contribution in [1.29, 1.82) is 0 Å². The molecular formula is C16H23NO3. The van der Waals surface area contributed by atoms with Crippen LogP contribution in [0.5, 0.6) is 0 Å². The normalized spacial score (nSPS) is 43.3. The van der Waals surface area contributed by atoms with Crippen molar-refractivity contribution < 1.29 is 14.7 Å². The molecule has 4 heteroatoms. The van der Waals surface area contributed by atoms with E-state index < -0.39 is 12.0 Å². The van der Waals surface area contributed by atoms with Gasteiger partial charge in [-0.25, -0.2) is 4.79 Å². The molecule has 4 nitrogen and oxygen atoms in total. The third kappa shape index (κ3) is 1.95. The molecule has 5 saturated carbocycles. The van der Waals surface area contributed by atoms with Crippen molar-refractivity contribution in [2.45, 2.75) is 57.4 Å². The molecule has 5 fully saturated rings. The molecule has 5 aliphatic carbocycles. The highest BCUT2D eigenvalue weighted by molar-refractivity contribution is 5.88. The number of aliphatic carboxylic acids is 1. The van der Waals surface area contributed by atoms with Crippen LogP contribution in [0.4, 0.5) is 0 Å². The summed E-state index contributed by atoms with van der Waals surface area (Å²) in [5.41, 5.74) is -0.225. The summed E-state index contributed by atoms with van der Waals surface area (Å²) in [5.74, 6) is 1.52. The summed E-state index contributed by atoms with van der Waals surface area (Å²) in [5, 5.41) is 12.2. The number of rotatable bonds is 4. The first kappa shape index (κ1) is 12.7. The minimum atomic E-state index is -0.856. The fourth-order valence-electron chi connectivity index (χ4n) is 5.49. The Kier molecular flexibility index (Phi) is 2.67. The summed E-state index contributed by atoms with van der Waals surface area (Å²) in [6.45, 7) is 0. The summed E-state index contributed by atoms with van der Waals surface area (Å²) >= 11 is 0. The van der Waals surface area contributed by atoms with E-state index in [1.165, 1.54) is 19.3 Å². The maximum Gasteiger partial charge on any atom is 0.326 e. The number of carboxylic acids is 1. The first-order valence-electron chi connectivity index (χ1n) is 8.09. The molecule has 2 N–H and O–H groups in total. The van der Waals surface area contributed by atoms with Crippen LogP contribution in [0, 0.1) is 29.1 Å². The molecule has 110 valence electrons. The van der Waals surface area contributed by atoms with Gasteiger partial charge in [-0.15, -0.1) is 0 Å². The van der Waals surface area contributed by atoms with E-state index in [0.29, 0.717) is 0 Å². The number of hydrogen-bond donors (Lipinski definition) is 2. The predicted octanol–water partition coefficient (Wildman–Crippen LogP) is 2.18. The summed E-state index contributed by atoms with van der Waals surface area (Å²) in [4.78, 5) is 24.1. The van der Waals surface area contributed by atoms with Crippen LogP contribution in [-0.2, 0) is 9.59 Å². The average molecular weight is 277 g/mol. The van der Waals surface area contributed by atoms with E-state index in [4.69, 9.17) is 0 Å². The van der Waals surface area contributed by atoms with Crippen molar-refractivity contribution in [3.63, 3.8) is 0 Å². The van der Waals surface area contributed by atoms with Crippen molar-refractivity contribution in [2.24, 2.45) is 29.1 Å². The summed E-state index contributed by atoms with van der Waals surface area (Å²) in [6, 6.07) is -0.643. The van der Waals surface area contributed by atoms with Gasteiger partial charge in [-0.1, -0.05) is 0 Å². The predicted molar refractivity (Wildman–Crippen MR) is 72.9 cm³/mol. The summed E-state index contributed by atoms with van der Waals surface area (Å²) < 4.78 is 0. The quantitative estimate of drug-likeness (QED) is 0.827. The number of carbonyl (C=O) groups excluding carboxylic acids is 1. The standard InChI is InChI=1S/C16H23NO3/c18-14(19)13(12-1-2-12)17-15(20)16-6-9-3-10(7-16)5-11(4-9)8-16/h9-13H,1-8H2,(H,17,20)(H,18,19). The van der Waals surface area contributed by atoms with Crippen LogP contribution in [-0.4, -0.2) is 23.0 Å². The van der Waals surface area contributed by atoms with Crippen LogP contribution in [0.25, 0.3) is 0 Å². The molecule has 0 aromatic heterocycles. The van der Waals surface area contributed by atoms with Crippen molar-refractivity contribution in [1.82, 2.24) is 5.32 Å². The second-order valence-corrected chi connectivity index (χ2v) is 7.82. The molecular weight excluding hydrogens is 254 g/mol. The number of carboxylic acid groups (broad SMARTS) is 1. The molecule has 4 bridgehead atoms. The molecule has 1 unspecified atom stereocenters. The highest BCUT2D eigenvalue weighted by atomic mass is 16.4. The van der Waals surface area contributed by atoms with Crippen molar-refractivity contribution in [3.05, 3.63) is 0 Å². The van der Waals surface area contributed by atoms with Crippen LogP contribution >= 0.6 is 0 Å². The van der Waals surface area contributed by atoms with Crippen LogP contribution in [0.15, 0.2) is 0 Å². The van der Waals surface area contributed by atoms with E-state index in [-0.39, 0.29) is 17.2 Å². The Labute approximate surface area is 119 Å². The molecule has 1 amide bonds. The van der Waals surface area contributed by atoms with Gasteiger partial charge in [-0.2, -0.15) is 0 Å². The van der Waals surface area contributed by atoms with Gasteiger partial charge in [0.1, 0.15) is 6.04 Å². The average Bonchev–Trinajstić information content (AvgIpc) is 3.17. The topological polar surface area (TPSA) is 66.4 Å². The fraction of sp³-hybridized carbons (Fsp3) is 0.875. The molecule has 20 heavy (non-hydrogen) atoms. The van der Waals surface area contributed by atoms with Crippen molar-refractivity contribution in [3.8, 4) is 0 Å². The zero-order valence-corrected chi connectivity index (χ0v) is 11.8. The molecule has 1 atom stereocenters. The highest BCUT2D eigenvalue weighted by Crippen LogP contribution is 2.60. The van der Waals surface area contributed by atoms with E-state index in [2.05, 4.69) is 5.32 Å². The minimum Gasteiger partial charge on any atom is -0.480 e. The van der Waals surface area contributed by atoms with Crippen molar-refractivity contribution in [2.75, 3.05) is 0 Å². The monoisotopic (exact) mass is 277 g/mol. The van der Waals surface area contributed by atoms with E-state index in [0.717, 1.165) is 49.9 Å². The Morgan fingerprint density at radius 1 is 1.00 bits per heavy atom. The lowest BCUT2D eigenvalue weighted by Crippen LogP contribution is -2.56. The van der Waals surface area contributed by atoms with Crippen molar-refractivity contribution >= 4 is 11.9 Å². The van der Waals surface area contributed by atoms with E-state index in [1.54, 1.807) is 0 Å². The SMILES string of the molecule is O=C(O)C(NC(=O)C12CC3CC(CC(C3)C1)C2)C1CC1. The Hall–Kier alpha value is -1.06. The second-order valence-electron chi connectivity index (χ2n) is 7.82. The zero-order chi connectivity index (χ0) is 13.9. The highest BCUT2D eigenvalue weighted by Gasteiger charge is 2.55. The fourth-order valence-corrected chi connectivity index (χ4v) is 5.49. The second kappa shape index (κ2) is 4.22.